The summed E-state index contributed by atoms with van der Waals surface area (Å²) in [7, 11) is 0. The second kappa shape index (κ2) is 12.2. The van der Waals surface area contributed by atoms with Gasteiger partial charge in [0.2, 0.25) is 0 Å². The van der Waals surface area contributed by atoms with Gasteiger partial charge in [-0.3, -0.25) is 4.98 Å². The van der Waals surface area contributed by atoms with Gasteiger partial charge >= 0.3 is 0 Å². The van der Waals surface area contributed by atoms with Gasteiger partial charge in [0.05, 0.1) is 11.4 Å². The van der Waals surface area contributed by atoms with Crippen molar-refractivity contribution in [2.24, 2.45) is 0 Å². The van der Waals surface area contributed by atoms with E-state index in [1.165, 1.54) is 38.4 Å². The molecule has 0 atom stereocenters. The predicted octanol–water partition coefficient (Wildman–Crippen LogP) is 12.8. The summed E-state index contributed by atoms with van der Waals surface area (Å²) in [5.41, 5.74) is 14.7. The Morgan fingerprint density at radius 1 is 0.396 bits per heavy atom. The summed E-state index contributed by atoms with van der Waals surface area (Å²) in [4.78, 5) is 15.0. The molecule has 1 aliphatic rings. The lowest BCUT2D eigenvalue weighted by atomic mass is 9.82. The first-order valence-corrected chi connectivity index (χ1v) is 18.2. The van der Waals surface area contributed by atoms with Gasteiger partial charge in [0, 0.05) is 34.5 Å². The fraction of sp³-hybridized carbons (Fsp3) is 0.0600. The highest BCUT2D eigenvalue weighted by Gasteiger charge is 2.35. The minimum atomic E-state index is -0.110. The van der Waals surface area contributed by atoms with Crippen molar-refractivity contribution in [3.63, 3.8) is 0 Å². The number of aromatic nitrogens is 3. The lowest BCUT2D eigenvalue weighted by Gasteiger charge is -2.22. The predicted molar refractivity (Wildman–Crippen MR) is 220 cm³/mol. The second-order valence-corrected chi connectivity index (χ2v) is 14.5. The molecule has 0 radical (unpaired) electrons. The van der Waals surface area contributed by atoms with Gasteiger partial charge in [0.25, 0.3) is 0 Å². The van der Waals surface area contributed by atoms with Crippen LogP contribution >= 0.6 is 0 Å². The van der Waals surface area contributed by atoms with Crippen molar-refractivity contribution < 1.29 is 0 Å². The first-order valence-electron chi connectivity index (χ1n) is 18.2. The van der Waals surface area contributed by atoms with Crippen LogP contribution in [0.2, 0.25) is 0 Å². The lowest BCUT2D eigenvalue weighted by Crippen LogP contribution is -2.14. The minimum absolute atomic E-state index is 0.110. The van der Waals surface area contributed by atoms with E-state index in [9.17, 15) is 0 Å². The average molecular weight is 678 g/mol. The van der Waals surface area contributed by atoms with E-state index in [0.717, 1.165) is 61.5 Å². The topological polar surface area (TPSA) is 38.7 Å². The SMILES string of the molecule is CC1(C)c2ccccc2-c2ccc(-c3cc(-c4ccc(-c5ccc(-c6cccnc6)cc5)cc4)nc(-c4cc5ccccc5c5ccccc45)n3)cc21. The van der Waals surface area contributed by atoms with Crippen molar-refractivity contribution in [3.8, 4) is 67.3 Å². The van der Waals surface area contributed by atoms with Crippen LogP contribution in [0.15, 0.2) is 176 Å². The third kappa shape index (κ3) is 5.24. The van der Waals surface area contributed by atoms with Crippen LogP contribution in [0.3, 0.4) is 0 Å². The highest BCUT2D eigenvalue weighted by Crippen LogP contribution is 2.49. The van der Waals surface area contributed by atoms with E-state index in [-0.39, 0.29) is 5.41 Å². The van der Waals surface area contributed by atoms with Crippen LogP contribution in [0.5, 0.6) is 0 Å². The van der Waals surface area contributed by atoms with Gasteiger partial charge in [0.15, 0.2) is 5.82 Å². The third-order valence-electron chi connectivity index (χ3n) is 11.0. The molecule has 0 spiro atoms. The molecule has 0 saturated carbocycles. The summed E-state index contributed by atoms with van der Waals surface area (Å²) >= 11 is 0. The Balaban J connectivity index is 1.11. The van der Waals surface area contributed by atoms with E-state index >= 15 is 0 Å². The van der Waals surface area contributed by atoms with E-state index < -0.39 is 0 Å². The summed E-state index contributed by atoms with van der Waals surface area (Å²) in [6.45, 7) is 4.65. The molecule has 3 nitrogen and oxygen atoms in total. The molecule has 9 aromatic rings. The van der Waals surface area contributed by atoms with Gasteiger partial charge in [-0.05, 0) is 90.3 Å². The van der Waals surface area contributed by atoms with E-state index in [4.69, 9.17) is 9.97 Å². The first-order chi connectivity index (χ1) is 26.0. The highest BCUT2D eigenvalue weighted by atomic mass is 14.9. The zero-order valence-electron chi connectivity index (χ0n) is 29.6. The number of fused-ring (bicyclic) bond motifs is 6. The van der Waals surface area contributed by atoms with Gasteiger partial charge in [-0.15, -0.1) is 0 Å². The van der Waals surface area contributed by atoms with Crippen molar-refractivity contribution in [2.75, 3.05) is 0 Å². The Bertz CT molecular complexity index is 2840. The van der Waals surface area contributed by atoms with Gasteiger partial charge in [-0.1, -0.05) is 153 Å². The molecule has 0 amide bonds. The molecule has 0 saturated heterocycles. The van der Waals surface area contributed by atoms with Crippen molar-refractivity contribution in [3.05, 3.63) is 187 Å². The van der Waals surface area contributed by atoms with Gasteiger partial charge in [-0.25, -0.2) is 9.97 Å². The molecule has 0 bridgehead atoms. The Labute approximate surface area is 309 Å². The van der Waals surface area contributed by atoms with Crippen LogP contribution < -0.4 is 0 Å². The maximum absolute atomic E-state index is 5.36. The number of pyridine rings is 1. The third-order valence-corrected chi connectivity index (χ3v) is 11.0. The van der Waals surface area contributed by atoms with Crippen LogP contribution in [0.4, 0.5) is 0 Å². The van der Waals surface area contributed by atoms with E-state index in [0.29, 0.717) is 0 Å². The van der Waals surface area contributed by atoms with E-state index in [1.807, 2.05) is 12.3 Å². The second-order valence-electron chi connectivity index (χ2n) is 14.5. The molecule has 1 aliphatic carbocycles. The van der Waals surface area contributed by atoms with E-state index in [1.54, 1.807) is 6.20 Å². The minimum Gasteiger partial charge on any atom is -0.264 e. The van der Waals surface area contributed by atoms with Crippen LogP contribution in [0.1, 0.15) is 25.0 Å². The van der Waals surface area contributed by atoms with Gasteiger partial charge < -0.3 is 0 Å². The molecule has 10 rings (SSSR count). The van der Waals surface area contributed by atoms with Crippen molar-refractivity contribution >= 4 is 21.5 Å². The Morgan fingerprint density at radius 2 is 0.981 bits per heavy atom. The summed E-state index contributed by atoms with van der Waals surface area (Å²) in [6, 6.07) is 58.7. The van der Waals surface area contributed by atoms with Crippen LogP contribution in [0.25, 0.3) is 88.8 Å². The van der Waals surface area contributed by atoms with Gasteiger partial charge in [0.1, 0.15) is 0 Å². The molecular formula is C50H35N3. The van der Waals surface area contributed by atoms with Crippen molar-refractivity contribution in [1.29, 1.82) is 0 Å². The number of hydrogen-bond donors (Lipinski definition) is 0. The maximum Gasteiger partial charge on any atom is 0.161 e. The fourth-order valence-corrected chi connectivity index (χ4v) is 8.19. The monoisotopic (exact) mass is 677 g/mol. The molecule has 0 unspecified atom stereocenters. The quantitative estimate of drug-likeness (QED) is 0.170. The Hall–Kier alpha value is -6.71. The largest absolute Gasteiger partial charge is 0.264 e. The summed E-state index contributed by atoms with van der Waals surface area (Å²) < 4.78 is 0. The zero-order valence-corrected chi connectivity index (χ0v) is 29.6. The molecule has 2 heterocycles. The molecule has 7 aromatic carbocycles. The summed E-state index contributed by atoms with van der Waals surface area (Å²) in [6.07, 6.45) is 3.70. The maximum atomic E-state index is 5.36. The Kier molecular flexibility index (Phi) is 7.16. The van der Waals surface area contributed by atoms with E-state index in [2.05, 4.69) is 177 Å². The average Bonchev–Trinajstić information content (AvgIpc) is 3.46. The Morgan fingerprint density at radius 3 is 1.72 bits per heavy atom. The molecule has 0 aliphatic heterocycles. The molecule has 53 heavy (non-hydrogen) atoms. The highest BCUT2D eigenvalue weighted by molar-refractivity contribution is 6.13. The smallest absolute Gasteiger partial charge is 0.161 e. The summed E-state index contributed by atoms with van der Waals surface area (Å²) in [5, 5.41) is 4.75. The molecule has 0 N–H and O–H groups in total. The molecule has 0 fully saturated rings. The molecular weight excluding hydrogens is 643 g/mol. The molecule has 2 aromatic heterocycles. The normalized spacial score (nSPS) is 12.9. The summed E-state index contributed by atoms with van der Waals surface area (Å²) in [5.74, 6) is 0.720. The standard InChI is InChI=1S/C50H35N3/c1-50(2)45-16-8-7-15-42(45)43-26-25-37(29-46(43)50)48-30-47(35-23-21-33(22-24-35)32-17-19-34(20-18-32)38-11-9-27-51-31-38)52-49(53-48)44-28-36-10-3-4-12-39(36)40-13-5-6-14-41(40)44/h3-31H,1-2H3. The number of rotatable bonds is 5. The van der Waals surface area contributed by atoms with Crippen molar-refractivity contribution in [1.82, 2.24) is 15.0 Å². The first kappa shape index (κ1) is 31.1. The van der Waals surface area contributed by atoms with Crippen LogP contribution in [-0.2, 0) is 5.41 Å². The molecule has 3 heteroatoms. The van der Waals surface area contributed by atoms with Crippen LogP contribution in [0, 0.1) is 0 Å². The van der Waals surface area contributed by atoms with Gasteiger partial charge in [-0.2, -0.15) is 0 Å². The number of benzene rings is 7. The van der Waals surface area contributed by atoms with Crippen molar-refractivity contribution in [2.45, 2.75) is 19.3 Å². The lowest BCUT2D eigenvalue weighted by molar-refractivity contribution is 0.660. The fourth-order valence-electron chi connectivity index (χ4n) is 8.19. The molecule has 250 valence electrons. The number of nitrogens with zero attached hydrogens (tertiary/aromatic N) is 3. The zero-order chi connectivity index (χ0) is 35.5. The number of hydrogen-bond acceptors (Lipinski definition) is 3. The van der Waals surface area contributed by atoms with Crippen LogP contribution in [-0.4, -0.2) is 15.0 Å².